The first-order valence-corrected chi connectivity index (χ1v) is 4.90. The number of nitrogens with zero attached hydrogens (tertiary/aromatic N) is 1. The van der Waals surface area contributed by atoms with E-state index >= 15 is 0 Å². The highest BCUT2D eigenvalue weighted by molar-refractivity contribution is 5.31. The van der Waals surface area contributed by atoms with Crippen LogP contribution < -0.4 is 4.74 Å². The second-order valence-corrected chi connectivity index (χ2v) is 3.79. The SMILES string of the molecule is CC(C)c1ccc2c(n1)CCCO2. The van der Waals surface area contributed by atoms with E-state index in [1.807, 2.05) is 0 Å². The molecule has 0 amide bonds. The highest BCUT2D eigenvalue weighted by Crippen LogP contribution is 2.24. The number of fused-ring (bicyclic) bond motifs is 1. The lowest BCUT2D eigenvalue weighted by atomic mass is 10.1. The molecule has 1 aliphatic heterocycles. The van der Waals surface area contributed by atoms with Gasteiger partial charge in [-0.05, 0) is 30.9 Å². The third kappa shape index (κ3) is 1.67. The van der Waals surface area contributed by atoms with Gasteiger partial charge in [0.25, 0.3) is 0 Å². The number of rotatable bonds is 1. The van der Waals surface area contributed by atoms with Gasteiger partial charge in [0.15, 0.2) is 0 Å². The molecule has 2 heterocycles. The number of hydrogen-bond donors (Lipinski definition) is 0. The Bertz CT molecular complexity index is 307. The van der Waals surface area contributed by atoms with E-state index in [-0.39, 0.29) is 0 Å². The molecule has 0 aromatic carbocycles. The Morgan fingerprint density at radius 2 is 2.23 bits per heavy atom. The molecule has 1 aliphatic rings. The molecule has 0 unspecified atom stereocenters. The van der Waals surface area contributed by atoms with E-state index in [2.05, 4.69) is 31.0 Å². The van der Waals surface area contributed by atoms with Gasteiger partial charge in [-0.15, -0.1) is 0 Å². The standard InChI is InChI=1S/C11H15NO/c1-8(2)9-5-6-11-10(12-9)4-3-7-13-11/h5-6,8H,3-4,7H2,1-2H3. The fraction of sp³-hybridized carbons (Fsp3) is 0.545. The summed E-state index contributed by atoms with van der Waals surface area (Å²) in [5.41, 5.74) is 2.31. The Morgan fingerprint density at radius 1 is 1.38 bits per heavy atom. The van der Waals surface area contributed by atoms with Crippen molar-refractivity contribution in [3.63, 3.8) is 0 Å². The summed E-state index contributed by atoms with van der Waals surface area (Å²) in [5.74, 6) is 1.49. The summed E-state index contributed by atoms with van der Waals surface area (Å²) in [6.07, 6.45) is 2.16. The molecule has 0 aliphatic carbocycles. The van der Waals surface area contributed by atoms with Gasteiger partial charge in [0.1, 0.15) is 5.75 Å². The number of ether oxygens (including phenoxy) is 1. The van der Waals surface area contributed by atoms with E-state index in [1.54, 1.807) is 0 Å². The highest BCUT2D eigenvalue weighted by atomic mass is 16.5. The quantitative estimate of drug-likeness (QED) is 0.657. The van der Waals surface area contributed by atoms with Crippen molar-refractivity contribution in [2.45, 2.75) is 32.6 Å². The average molecular weight is 177 g/mol. The van der Waals surface area contributed by atoms with Crippen LogP contribution in [-0.4, -0.2) is 11.6 Å². The second-order valence-electron chi connectivity index (χ2n) is 3.79. The summed E-state index contributed by atoms with van der Waals surface area (Å²) in [4.78, 5) is 4.59. The zero-order valence-corrected chi connectivity index (χ0v) is 8.21. The predicted octanol–water partition coefficient (Wildman–Crippen LogP) is 2.53. The van der Waals surface area contributed by atoms with Gasteiger partial charge in [0, 0.05) is 5.69 Å². The van der Waals surface area contributed by atoms with Gasteiger partial charge < -0.3 is 4.74 Å². The Kier molecular flexibility index (Phi) is 2.21. The smallest absolute Gasteiger partial charge is 0.140 e. The van der Waals surface area contributed by atoms with Gasteiger partial charge in [0.2, 0.25) is 0 Å². The first-order chi connectivity index (χ1) is 6.27. The average Bonchev–Trinajstić information content (AvgIpc) is 2.17. The van der Waals surface area contributed by atoms with Crippen LogP contribution in [0, 0.1) is 0 Å². The Balaban J connectivity index is 2.35. The number of pyridine rings is 1. The minimum atomic E-state index is 0.507. The molecule has 0 atom stereocenters. The van der Waals surface area contributed by atoms with Crippen molar-refractivity contribution in [1.82, 2.24) is 4.98 Å². The Morgan fingerprint density at radius 3 is 3.00 bits per heavy atom. The molecule has 1 aromatic heterocycles. The van der Waals surface area contributed by atoms with Crippen LogP contribution in [0.3, 0.4) is 0 Å². The van der Waals surface area contributed by atoms with Crippen molar-refractivity contribution in [3.05, 3.63) is 23.5 Å². The molecule has 0 saturated heterocycles. The molecular weight excluding hydrogens is 162 g/mol. The molecule has 0 bridgehead atoms. The van der Waals surface area contributed by atoms with Crippen LogP contribution in [0.15, 0.2) is 12.1 Å². The third-order valence-electron chi connectivity index (χ3n) is 2.36. The summed E-state index contributed by atoms with van der Waals surface area (Å²) in [6.45, 7) is 5.17. The zero-order valence-electron chi connectivity index (χ0n) is 8.21. The fourth-order valence-corrected chi connectivity index (χ4v) is 1.56. The van der Waals surface area contributed by atoms with Crippen molar-refractivity contribution < 1.29 is 4.74 Å². The molecule has 2 heteroatoms. The summed E-state index contributed by atoms with van der Waals surface area (Å²) >= 11 is 0. The minimum Gasteiger partial charge on any atom is -0.492 e. The number of aromatic nitrogens is 1. The van der Waals surface area contributed by atoms with E-state index in [4.69, 9.17) is 4.74 Å². The lowest BCUT2D eigenvalue weighted by Crippen LogP contribution is -2.11. The number of hydrogen-bond acceptors (Lipinski definition) is 2. The normalized spacial score (nSPS) is 15.3. The van der Waals surface area contributed by atoms with E-state index < -0.39 is 0 Å². The van der Waals surface area contributed by atoms with Crippen LogP contribution in [-0.2, 0) is 6.42 Å². The van der Waals surface area contributed by atoms with E-state index in [1.165, 1.54) is 5.69 Å². The van der Waals surface area contributed by atoms with Crippen LogP contribution >= 0.6 is 0 Å². The lowest BCUT2D eigenvalue weighted by molar-refractivity contribution is 0.284. The molecule has 0 saturated carbocycles. The Hall–Kier alpha value is -1.05. The molecule has 2 nitrogen and oxygen atoms in total. The largest absolute Gasteiger partial charge is 0.492 e. The van der Waals surface area contributed by atoms with Gasteiger partial charge in [-0.3, -0.25) is 4.98 Å². The van der Waals surface area contributed by atoms with Gasteiger partial charge >= 0.3 is 0 Å². The molecule has 0 fully saturated rings. The minimum absolute atomic E-state index is 0.507. The molecular formula is C11H15NO. The van der Waals surface area contributed by atoms with Crippen LogP contribution in [0.2, 0.25) is 0 Å². The van der Waals surface area contributed by atoms with Gasteiger partial charge in [-0.25, -0.2) is 0 Å². The number of aryl methyl sites for hydroxylation is 1. The third-order valence-corrected chi connectivity index (χ3v) is 2.36. The summed E-state index contributed by atoms with van der Waals surface area (Å²) in [5, 5.41) is 0. The summed E-state index contributed by atoms with van der Waals surface area (Å²) < 4.78 is 5.50. The van der Waals surface area contributed by atoms with Gasteiger partial charge in [-0.1, -0.05) is 13.8 Å². The van der Waals surface area contributed by atoms with Crippen LogP contribution in [0.25, 0.3) is 0 Å². The van der Waals surface area contributed by atoms with Gasteiger partial charge in [0.05, 0.1) is 12.3 Å². The summed E-state index contributed by atoms with van der Waals surface area (Å²) in [7, 11) is 0. The topological polar surface area (TPSA) is 22.1 Å². The predicted molar refractivity (Wildman–Crippen MR) is 52.1 cm³/mol. The fourth-order valence-electron chi connectivity index (χ4n) is 1.56. The Labute approximate surface area is 78.9 Å². The lowest BCUT2D eigenvalue weighted by Gasteiger charge is -2.17. The first-order valence-electron chi connectivity index (χ1n) is 4.90. The molecule has 2 rings (SSSR count). The van der Waals surface area contributed by atoms with Gasteiger partial charge in [-0.2, -0.15) is 0 Å². The van der Waals surface area contributed by atoms with Crippen LogP contribution in [0.1, 0.15) is 37.6 Å². The zero-order chi connectivity index (χ0) is 9.26. The monoisotopic (exact) mass is 177 g/mol. The van der Waals surface area contributed by atoms with Crippen molar-refractivity contribution in [1.29, 1.82) is 0 Å². The first kappa shape index (κ1) is 8.54. The highest BCUT2D eigenvalue weighted by Gasteiger charge is 2.12. The van der Waals surface area contributed by atoms with Crippen molar-refractivity contribution in [2.24, 2.45) is 0 Å². The maximum atomic E-state index is 5.50. The molecule has 1 aromatic rings. The van der Waals surface area contributed by atoms with E-state index in [9.17, 15) is 0 Å². The maximum Gasteiger partial charge on any atom is 0.140 e. The second kappa shape index (κ2) is 3.36. The maximum absolute atomic E-state index is 5.50. The molecule has 0 spiro atoms. The van der Waals surface area contributed by atoms with Crippen LogP contribution in [0.4, 0.5) is 0 Å². The van der Waals surface area contributed by atoms with Crippen molar-refractivity contribution >= 4 is 0 Å². The van der Waals surface area contributed by atoms with E-state index in [0.717, 1.165) is 30.9 Å². The molecule has 0 radical (unpaired) electrons. The molecule has 70 valence electrons. The van der Waals surface area contributed by atoms with Crippen molar-refractivity contribution in [2.75, 3.05) is 6.61 Å². The van der Waals surface area contributed by atoms with Crippen molar-refractivity contribution in [3.8, 4) is 5.75 Å². The van der Waals surface area contributed by atoms with E-state index in [0.29, 0.717) is 5.92 Å². The summed E-state index contributed by atoms with van der Waals surface area (Å²) in [6, 6.07) is 4.12. The van der Waals surface area contributed by atoms with Crippen LogP contribution in [0.5, 0.6) is 5.75 Å². The molecule has 13 heavy (non-hydrogen) atoms. The molecule has 0 N–H and O–H groups in total.